The molecule has 2 fully saturated rings. The highest BCUT2D eigenvalue weighted by atomic mass is 16.2. The van der Waals surface area contributed by atoms with Gasteiger partial charge in [0.2, 0.25) is 5.91 Å². The van der Waals surface area contributed by atoms with E-state index in [0.717, 1.165) is 45.7 Å². The molecule has 114 valence electrons. The average molecular weight is 287 g/mol. The lowest BCUT2D eigenvalue weighted by Crippen LogP contribution is -2.63. The van der Waals surface area contributed by atoms with Gasteiger partial charge in [0.05, 0.1) is 0 Å². The molecule has 0 aromatic heterocycles. The minimum atomic E-state index is 0.310. The van der Waals surface area contributed by atoms with Crippen LogP contribution in [0.2, 0.25) is 0 Å². The van der Waals surface area contributed by atoms with E-state index in [1.807, 2.05) is 11.0 Å². The van der Waals surface area contributed by atoms with Crippen LogP contribution in [0.25, 0.3) is 0 Å². The van der Waals surface area contributed by atoms with Crippen LogP contribution in [0.1, 0.15) is 17.5 Å². The lowest BCUT2D eigenvalue weighted by molar-refractivity contribution is -0.138. The molecule has 0 unspecified atom stereocenters. The Morgan fingerprint density at radius 1 is 1.24 bits per heavy atom. The van der Waals surface area contributed by atoms with E-state index >= 15 is 0 Å². The maximum absolute atomic E-state index is 12.2. The van der Waals surface area contributed by atoms with Crippen LogP contribution >= 0.6 is 0 Å². The van der Waals surface area contributed by atoms with Gasteiger partial charge in [0, 0.05) is 51.7 Å². The van der Waals surface area contributed by atoms with Crippen molar-refractivity contribution in [3.63, 3.8) is 0 Å². The highest BCUT2D eigenvalue weighted by Gasteiger charge is 2.34. The zero-order chi connectivity index (χ0) is 14.7. The lowest BCUT2D eigenvalue weighted by atomic mass is 10.0. The van der Waals surface area contributed by atoms with E-state index in [4.69, 9.17) is 0 Å². The second-order valence-electron chi connectivity index (χ2n) is 6.16. The van der Waals surface area contributed by atoms with Crippen LogP contribution in [-0.4, -0.2) is 61.0 Å². The van der Waals surface area contributed by atoms with E-state index in [1.165, 1.54) is 11.1 Å². The molecule has 0 saturated carbocycles. The molecule has 21 heavy (non-hydrogen) atoms. The van der Waals surface area contributed by atoms with Crippen LogP contribution in [0.4, 0.5) is 0 Å². The monoisotopic (exact) mass is 287 g/mol. The Morgan fingerprint density at radius 3 is 2.67 bits per heavy atom. The number of aryl methyl sites for hydroxylation is 2. The van der Waals surface area contributed by atoms with Gasteiger partial charge in [-0.3, -0.25) is 9.69 Å². The van der Waals surface area contributed by atoms with Crippen LogP contribution in [0.5, 0.6) is 0 Å². The van der Waals surface area contributed by atoms with Crippen molar-refractivity contribution in [3.05, 3.63) is 35.4 Å². The summed E-state index contributed by atoms with van der Waals surface area (Å²) in [4.78, 5) is 16.8. The zero-order valence-electron chi connectivity index (χ0n) is 12.8. The third-order valence-electron chi connectivity index (χ3n) is 4.75. The van der Waals surface area contributed by atoms with Gasteiger partial charge >= 0.3 is 0 Å². The fourth-order valence-corrected chi connectivity index (χ4v) is 3.23. The topological polar surface area (TPSA) is 35.6 Å². The van der Waals surface area contributed by atoms with Crippen molar-refractivity contribution in [2.24, 2.45) is 0 Å². The van der Waals surface area contributed by atoms with Gasteiger partial charge in [-0.05, 0) is 24.5 Å². The van der Waals surface area contributed by atoms with Gasteiger partial charge in [-0.1, -0.05) is 24.3 Å². The van der Waals surface area contributed by atoms with Crippen LogP contribution in [0.3, 0.4) is 0 Å². The molecule has 0 spiro atoms. The predicted molar refractivity (Wildman–Crippen MR) is 84.3 cm³/mol. The molecule has 1 aromatic carbocycles. The molecule has 3 rings (SSSR count). The molecule has 0 atom stereocenters. The van der Waals surface area contributed by atoms with Crippen molar-refractivity contribution in [2.75, 3.05) is 39.3 Å². The molecular weight excluding hydrogens is 262 g/mol. The summed E-state index contributed by atoms with van der Waals surface area (Å²) >= 11 is 0. The van der Waals surface area contributed by atoms with E-state index in [9.17, 15) is 4.79 Å². The number of piperazine rings is 1. The first-order chi connectivity index (χ1) is 10.2. The summed E-state index contributed by atoms with van der Waals surface area (Å²) < 4.78 is 0. The first kappa shape index (κ1) is 14.5. The van der Waals surface area contributed by atoms with Crippen molar-refractivity contribution in [3.8, 4) is 0 Å². The Kier molecular flexibility index (Phi) is 4.56. The summed E-state index contributed by atoms with van der Waals surface area (Å²) in [7, 11) is 0. The summed E-state index contributed by atoms with van der Waals surface area (Å²) in [6.45, 7) is 8.37. The van der Waals surface area contributed by atoms with Gasteiger partial charge in [0.25, 0.3) is 0 Å². The van der Waals surface area contributed by atoms with Gasteiger partial charge in [-0.2, -0.15) is 0 Å². The second kappa shape index (κ2) is 6.58. The largest absolute Gasteiger partial charge is 0.339 e. The van der Waals surface area contributed by atoms with Crippen LogP contribution in [0, 0.1) is 6.92 Å². The van der Waals surface area contributed by atoms with Gasteiger partial charge in [-0.15, -0.1) is 0 Å². The molecule has 4 nitrogen and oxygen atoms in total. The Morgan fingerprint density at radius 2 is 1.95 bits per heavy atom. The Labute approximate surface area is 127 Å². The van der Waals surface area contributed by atoms with Gasteiger partial charge in [0.15, 0.2) is 0 Å². The molecule has 2 saturated heterocycles. The smallest absolute Gasteiger partial charge is 0.223 e. The number of amides is 1. The molecule has 0 radical (unpaired) electrons. The summed E-state index contributed by atoms with van der Waals surface area (Å²) in [5.74, 6) is 0.310. The molecular formula is C17H25N3O. The van der Waals surface area contributed by atoms with E-state index < -0.39 is 0 Å². The summed E-state index contributed by atoms with van der Waals surface area (Å²) in [5.41, 5.74) is 2.58. The van der Waals surface area contributed by atoms with Crippen molar-refractivity contribution in [1.82, 2.24) is 15.1 Å². The quantitative estimate of drug-likeness (QED) is 0.899. The van der Waals surface area contributed by atoms with Crippen LogP contribution in [-0.2, 0) is 11.2 Å². The van der Waals surface area contributed by atoms with Crippen molar-refractivity contribution < 1.29 is 4.79 Å². The number of nitrogens with zero attached hydrogens (tertiary/aromatic N) is 2. The first-order valence-corrected chi connectivity index (χ1v) is 8.01. The molecule has 1 N–H and O–H groups in total. The Hall–Kier alpha value is -1.39. The molecule has 2 heterocycles. The van der Waals surface area contributed by atoms with Gasteiger partial charge in [0.1, 0.15) is 0 Å². The van der Waals surface area contributed by atoms with Crippen LogP contribution in [0.15, 0.2) is 24.3 Å². The standard InChI is InChI=1S/C17H25N3O/c1-14-4-2-3-5-15(14)6-7-17(21)20-12-16(13-20)19-10-8-18-9-11-19/h2-5,16,18H,6-13H2,1H3. The van der Waals surface area contributed by atoms with Crippen molar-refractivity contribution in [1.29, 1.82) is 0 Å². The SMILES string of the molecule is Cc1ccccc1CCC(=O)N1CC(N2CCNCC2)C1. The first-order valence-electron chi connectivity index (χ1n) is 8.01. The molecule has 0 bridgehead atoms. The number of carbonyl (C=O) groups excluding carboxylic acids is 1. The molecule has 4 heteroatoms. The normalized spacial score (nSPS) is 20.3. The predicted octanol–water partition coefficient (Wildman–Crippen LogP) is 1.04. The summed E-state index contributed by atoms with van der Waals surface area (Å²) in [6, 6.07) is 8.94. The van der Waals surface area contributed by atoms with Crippen LogP contribution < -0.4 is 5.32 Å². The summed E-state index contributed by atoms with van der Waals surface area (Å²) in [6.07, 6.45) is 1.50. The fourth-order valence-electron chi connectivity index (χ4n) is 3.23. The maximum Gasteiger partial charge on any atom is 0.223 e. The number of likely N-dealkylation sites (tertiary alicyclic amines) is 1. The number of hydrogen-bond acceptors (Lipinski definition) is 3. The average Bonchev–Trinajstić information content (AvgIpc) is 2.46. The Balaban J connectivity index is 1.42. The van der Waals surface area contributed by atoms with Crippen molar-refractivity contribution >= 4 is 5.91 Å². The zero-order valence-corrected chi connectivity index (χ0v) is 12.8. The number of hydrogen-bond donors (Lipinski definition) is 1. The number of rotatable bonds is 4. The maximum atomic E-state index is 12.2. The minimum absolute atomic E-state index is 0.310. The van der Waals surface area contributed by atoms with Gasteiger partial charge in [-0.25, -0.2) is 0 Å². The van der Waals surface area contributed by atoms with Gasteiger partial charge < -0.3 is 10.2 Å². The van der Waals surface area contributed by atoms with E-state index in [-0.39, 0.29) is 0 Å². The number of benzene rings is 1. The third-order valence-corrected chi connectivity index (χ3v) is 4.75. The highest BCUT2D eigenvalue weighted by molar-refractivity contribution is 5.77. The highest BCUT2D eigenvalue weighted by Crippen LogP contribution is 2.18. The Bertz CT molecular complexity index is 491. The molecule has 2 aliphatic rings. The van der Waals surface area contributed by atoms with Crippen molar-refractivity contribution in [2.45, 2.75) is 25.8 Å². The molecule has 2 aliphatic heterocycles. The second-order valence-corrected chi connectivity index (χ2v) is 6.16. The number of nitrogens with one attached hydrogen (secondary N) is 1. The fraction of sp³-hybridized carbons (Fsp3) is 0.588. The third kappa shape index (κ3) is 3.44. The summed E-state index contributed by atoms with van der Waals surface area (Å²) in [5, 5.41) is 3.37. The minimum Gasteiger partial charge on any atom is -0.339 e. The van der Waals surface area contributed by atoms with E-state index in [0.29, 0.717) is 18.4 Å². The molecule has 0 aliphatic carbocycles. The molecule has 1 aromatic rings. The number of carbonyl (C=O) groups is 1. The molecule has 1 amide bonds. The van der Waals surface area contributed by atoms with E-state index in [2.05, 4.69) is 35.3 Å². The lowest BCUT2D eigenvalue weighted by Gasteiger charge is -2.46. The van der Waals surface area contributed by atoms with E-state index in [1.54, 1.807) is 0 Å².